The van der Waals surface area contributed by atoms with Gasteiger partial charge in [-0.15, -0.1) is 0 Å². The number of quaternary nitrogens is 1. The van der Waals surface area contributed by atoms with Gasteiger partial charge in [0.05, 0.1) is 27.7 Å². The highest BCUT2D eigenvalue weighted by Crippen LogP contribution is 2.38. The second-order valence-electron chi connectivity index (χ2n) is 23.4. The molecule has 0 bridgehead atoms. The van der Waals surface area contributed by atoms with Crippen molar-refractivity contribution < 1.29 is 42.1 Å². The molecule has 0 amide bonds. The van der Waals surface area contributed by atoms with Gasteiger partial charge in [-0.05, 0) is 109 Å². The van der Waals surface area contributed by atoms with Gasteiger partial charge in [-0.3, -0.25) is 14.2 Å². The molecule has 84 heavy (non-hydrogen) atoms. The number of phosphoric acid groups is 1. The summed E-state index contributed by atoms with van der Waals surface area (Å²) in [5, 5.41) is 0. The van der Waals surface area contributed by atoms with E-state index in [1.165, 1.54) is 116 Å². The molecule has 0 fully saturated rings. The molecule has 0 saturated heterocycles. The number of nitrogens with zero attached hydrogens (tertiary/aromatic N) is 1. The van der Waals surface area contributed by atoms with Gasteiger partial charge in [0.2, 0.25) is 0 Å². The first-order valence-corrected chi connectivity index (χ1v) is 35.4. The van der Waals surface area contributed by atoms with Crippen LogP contribution in [0, 0.1) is 0 Å². The lowest BCUT2D eigenvalue weighted by Crippen LogP contribution is -2.37. The van der Waals surface area contributed by atoms with E-state index in [9.17, 15) is 19.0 Å². The molecule has 0 N–H and O–H groups in total. The second-order valence-corrected chi connectivity index (χ2v) is 24.8. The van der Waals surface area contributed by atoms with E-state index in [0.717, 1.165) is 122 Å². The predicted molar refractivity (Wildman–Crippen MR) is 360 cm³/mol. The molecule has 0 aromatic carbocycles. The fourth-order valence-corrected chi connectivity index (χ4v) is 9.77. The summed E-state index contributed by atoms with van der Waals surface area (Å²) in [4.78, 5) is 38.0. The molecule has 0 aliphatic carbocycles. The molecule has 0 aliphatic rings. The quantitative estimate of drug-likeness (QED) is 0.0195. The minimum absolute atomic E-state index is 0.0366. The van der Waals surface area contributed by atoms with E-state index >= 15 is 0 Å². The van der Waals surface area contributed by atoms with E-state index < -0.39 is 26.5 Å². The average Bonchev–Trinajstić information content (AvgIpc) is 3.61. The number of allylic oxidation sites excluding steroid dienone is 22. The largest absolute Gasteiger partial charge is 0.756 e. The summed E-state index contributed by atoms with van der Waals surface area (Å²) < 4.78 is 34.3. The summed E-state index contributed by atoms with van der Waals surface area (Å²) in [6.45, 7) is 4.02. The lowest BCUT2D eigenvalue weighted by molar-refractivity contribution is -0.870. The van der Waals surface area contributed by atoms with Crippen molar-refractivity contribution in [2.75, 3.05) is 47.5 Å². The molecule has 10 heteroatoms. The van der Waals surface area contributed by atoms with Crippen LogP contribution in [-0.2, 0) is 32.7 Å². The average molecular weight is 1190 g/mol. The Hall–Kier alpha value is -3.85. The molecule has 9 nitrogen and oxygen atoms in total. The van der Waals surface area contributed by atoms with Gasteiger partial charge in [-0.1, -0.05) is 282 Å². The van der Waals surface area contributed by atoms with Crippen molar-refractivity contribution in [3.63, 3.8) is 0 Å². The van der Waals surface area contributed by atoms with Gasteiger partial charge in [-0.2, -0.15) is 0 Å². The molecule has 2 unspecified atom stereocenters. The molecule has 0 saturated carbocycles. The van der Waals surface area contributed by atoms with E-state index in [0.29, 0.717) is 17.4 Å². The number of phosphoric ester groups is 1. The fourth-order valence-electron chi connectivity index (χ4n) is 9.04. The zero-order valence-corrected chi connectivity index (χ0v) is 55.4. The van der Waals surface area contributed by atoms with Crippen LogP contribution in [-0.4, -0.2) is 70.0 Å². The van der Waals surface area contributed by atoms with Crippen molar-refractivity contribution in [3.05, 3.63) is 134 Å². The Morgan fingerprint density at radius 3 is 0.952 bits per heavy atom. The molecule has 480 valence electrons. The molecule has 0 heterocycles. The number of hydrogen-bond donors (Lipinski definition) is 0. The Bertz CT molecular complexity index is 1880. The van der Waals surface area contributed by atoms with Gasteiger partial charge in [0, 0.05) is 12.8 Å². The molecule has 0 rings (SSSR count). The van der Waals surface area contributed by atoms with Crippen LogP contribution in [0.15, 0.2) is 134 Å². The van der Waals surface area contributed by atoms with Crippen LogP contribution in [0.5, 0.6) is 0 Å². The van der Waals surface area contributed by atoms with Crippen LogP contribution in [0.2, 0.25) is 0 Å². The monoisotopic (exact) mass is 1190 g/mol. The standard InChI is InChI=1S/C74H126NO8P/c1-6-8-10-12-14-16-18-20-22-24-26-28-30-31-32-33-34-35-36-37-38-39-40-41-42-43-45-47-49-51-53-55-57-59-61-63-65-67-74(77)83-72(71-82-84(78,79)81-69-68-75(3,4)5)70-80-73(76)66-64-62-60-58-56-54-52-50-48-46-44-29-27-25-23-21-19-17-15-13-11-9-7-2/h8-11,14-17,20-23,26-29,31-32,34-35,37-38,72H,6-7,12-13,18-19,24-25,30,33,36,39-71H2,1-5H3/b10-8-,11-9-,16-14-,17-15-,22-20-,23-21-,28-26-,29-27-,32-31-,35-34-,38-37-. The summed E-state index contributed by atoms with van der Waals surface area (Å²) >= 11 is 0. The number of unbranched alkanes of at least 4 members (excludes halogenated alkanes) is 25. The minimum atomic E-state index is -4.65. The van der Waals surface area contributed by atoms with Crippen molar-refractivity contribution in [2.45, 2.75) is 277 Å². The van der Waals surface area contributed by atoms with Crippen LogP contribution in [0.1, 0.15) is 271 Å². The summed E-state index contributed by atoms with van der Waals surface area (Å²) in [5.74, 6) is -0.839. The SMILES string of the molecule is CC/C=C\C/C=C\C/C=C\C/C=C\C/C=C\C/C=C\C/C=C\CCCCCCCCCCCCCCCCCC(=O)OC(COC(=O)CCCCCCCCCCCC/C=C\C/C=C\C/C=C\C/C=C\CC)COP(=O)([O-])OCC[N+](C)(C)C. The summed E-state index contributed by atoms with van der Waals surface area (Å²) in [6, 6.07) is 0. The summed E-state index contributed by atoms with van der Waals surface area (Å²) in [5.41, 5.74) is 0. The smallest absolute Gasteiger partial charge is 0.306 e. The van der Waals surface area contributed by atoms with Gasteiger partial charge in [0.15, 0.2) is 6.10 Å². The van der Waals surface area contributed by atoms with Crippen molar-refractivity contribution in [1.29, 1.82) is 0 Å². The zero-order chi connectivity index (χ0) is 61.2. The molecule has 0 radical (unpaired) electrons. The van der Waals surface area contributed by atoms with Crippen molar-refractivity contribution in [2.24, 2.45) is 0 Å². The second kappa shape index (κ2) is 63.6. The minimum Gasteiger partial charge on any atom is -0.756 e. The van der Waals surface area contributed by atoms with Crippen LogP contribution in [0.4, 0.5) is 0 Å². The van der Waals surface area contributed by atoms with Crippen LogP contribution >= 0.6 is 7.82 Å². The van der Waals surface area contributed by atoms with Gasteiger partial charge in [0.25, 0.3) is 7.82 Å². The molecular formula is C74H126NO8P. The van der Waals surface area contributed by atoms with E-state index in [4.69, 9.17) is 18.5 Å². The fraction of sp³-hybridized carbons (Fsp3) is 0.676. The molecule has 0 aliphatic heterocycles. The van der Waals surface area contributed by atoms with Crippen LogP contribution < -0.4 is 4.89 Å². The molecular weight excluding hydrogens is 1060 g/mol. The topological polar surface area (TPSA) is 111 Å². The first-order valence-electron chi connectivity index (χ1n) is 33.9. The third-order valence-corrected chi connectivity index (χ3v) is 15.1. The highest BCUT2D eigenvalue weighted by Gasteiger charge is 2.22. The Labute approximate surface area is 517 Å². The van der Waals surface area contributed by atoms with E-state index in [2.05, 4.69) is 148 Å². The van der Waals surface area contributed by atoms with E-state index in [1.54, 1.807) is 0 Å². The highest BCUT2D eigenvalue weighted by molar-refractivity contribution is 7.45. The lowest BCUT2D eigenvalue weighted by atomic mass is 10.0. The van der Waals surface area contributed by atoms with Gasteiger partial charge < -0.3 is 27.9 Å². The Morgan fingerprint density at radius 1 is 0.369 bits per heavy atom. The van der Waals surface area contributed by atoms with Gasteiger partial charge in [-0.25, -0.2) is 0 Å². The van der Waals surface area contributed by atoms with Gasteiger partial charge in [0.1, 0.15) is 19.8 Å². The maximum absolute atomic E-state index is 12.9. The third kappa shape index (κ3) is 67.3. The number of hydrogen-bond acceptors (Lipinski definition) is 8. The number of carbonyl (C=O) groups excluding carboxylic acids is 2. The number of rotatable bonds is 61. The number of carbonyl (C=O) groups is 2. The number of ether oxygens (including phenoxy) is 2. The molecule has 2 atom stereocenters. The Balaban J connectivity index is 4.07. The van der Waals surface area contributed by atoms with Crippen LogP contribution in [0.25, 0.3) is 0 Å². The lowest BCUT2D eigenvalue weighted by Gasteiger charge is -2.28. The molecule has 0 aromatic heterocycles. The summed E-state index contributed by atoms with van der Waals surface area (Å²) in [7, 11) is 1.15. The molecule has 0 aromatic rings. The summed E-state index contributed by atoms with van der Waals surface area (Å²) in [6.07, 6.45) is 92.3. The maximum atomic E-state index is 12.9. The van der Waals surface area contributed by atoms with Crippen molar-refractivity contribution in [1.82, 2.24) is 0 Å². The zero-order valence-electron chi connectivity index (χ0n) is 54.6. The Morgan fingerprint density at radius 2 is 0.643 bits per heavy atom. The third-order valence-electron chi connectivity index (χ3n) is 14.2. The number of likely N-dealkylation sites (N-methyl/N-ethyl adjacent to an activating group) is 1. The van der Waals surface area contributed by atoms with Crippen molar-refractivity contribution in [3.8, 4) is 0 Å². The van der Waals surface area contributed by atoms with E-state index in [1.807, 2.05) is 21.1 Å². The number of esters is 2. The maximum Gasteiger partial charge on any atom is 0.306 e. The van der Waals surface area contributed by atoms with Crippen molar-refractivity contribution >= 4 is 19.8 Å². The Kier molecular flexibility index (Phi) is 60.7. The van der Waals surface area contributed by atoms with Gasteiger partial charge >= 0.3 is 11.9 Å². The molecule has 0 spiro atoms. The van der Waals surface area contributed by atoms with Crippen LogP contribution in [0.3, 0.4) is 0 Å². The first kappa shape index (κ1) is 80.2. The highest BCUT2D eigenvalue weighted by atomic mass is 31.2. The first-order chi connectivity index (χ1) is 41.0. The van der Waals surface area contributed by atoms with E-state index in [-0.39, 0.29) is 32.0 Å². The normalized spacial score (nSPS) is 14.0. The predicted octanol–water partition coefficient (Wildman–Crippen LogP) is 21.4.